The third-order valence-corrected chi connectivity index (χ3v) is 5.36. The molecule has 0 atom stereocenters. The molecule has 2 saturated carbocycles. The summed E-state index contributed by atoms with van der Waals surface area (Å²) in [5.41, 5.74) is 0. The van der Waals surface area contributed by atoms with Gasteiger partial charge in [-0.25, -0.2) is 0 Å². The van der Waals surface area contributed by atoms with Gasteiger partial charge in [-0.1, -0.05) is 45.4 Å². The molecule has 1 aromatic rings. The molecule has 1 N–H and O–H groups in total. The van der Waals surface area contributed by atoms with Crippen LogP contribution in [0.1, 0.15) is 77.0 Å². The van der Waals surface area contributed by atoms with Crippen molar-refractivity contribution >= 4 is 11.9 Å². The monoisotopic (exact) mass is 317 g/mol. The largest absolute Gasteiger partial charge is 0.351 e. The zero-order chi connectivity index (χ0) is 16.1. The predicted octanol–water partition coefficient (Wildman–Crippen LogP) is 3.95. The molecule has 0 amide bonds. The molecule has 5 nitrogen and oxygen atoms in total. The second-order valence-corrected chi connectivity index (χ2v) is 7.11. The van der Waals surface area contributed by atoms with Crippen LogP contribution in [-0.2, 0) is 6.42 Å². The molecule has 0 unspecified atom stereocenters. The van der Waals surface area contributed by atoms with E-state index in [1.54, 1.807) is 0 Å². The molecule has 0 spiro atoms. The van der Waals surface area contributed by atoms with Crippen molar-refractivity contribution in [2.45, 2.75) is 89.6 Å². The Morgan fingerprint density at radius 1 is 0.913 bits per heavy atom. The zero-order valence-corrected chi connectivity index (χ0v) is 14.7. The summed E-state index contributed by atoms with van der Waals surface area (Å²) in [5.74, 6) is 2.53. The van der Waals surface area contributed by atoms with Crippen LogP contribution in [0.5, 0.6) is 0 Å². The van der Waals surface area contributed by atoms with E-state index in [-0.39, 0.29) is 0 Å². The van der Waals surface area contributed by atoms with E-state index in [9.17, 15) is 0 Å². The van der Waals surface area contributed by atoms with Crippen LogP contribution in [0.25, 0.3) is 0 Å². The highest BCUT2D eigenvalue weighted by Gasteiger charge is 2.22. The molecule has 0 radical (unpaired) electrons. The van der Waals surface area contributed by atoms with E-state index in [2.05, 4.69) is 34.2 Å². The van der Waals surface area contributed by atoms with E-state index in [0.717, 1.165) is 24.1 Å². The first kappa shape index (κ1) is 16.5. The maximum atomic E-state index is 4.74. The van der Waals surface area contributed by atoms with E-state index in [0.29, 0.717) is 12.1 Å². The van der Waals surface area contributed by atoms with E-state index < -0.39 is 0 Å². The first-order chi connectivity index (χ1) is 11.3. The van der Waals surface area contributed by atoms with Gasteiger partial charge in [-0.2, -0.15) is 15.0 Å². The summed E-state index contributed by atoms with van der Waals surface area (Å²) in [6.45, 7) is 2.12. The third kappa shape index (κ3) is 4.33. The minimum Gasteiger partial charge on any atom is -0.351 e. The van der Waals surface area contributed by atoms with Crippen molar-refractivity contribution in [3.63, 3.8) is 0 Å². The second-order valence-electron chi connectivity index (χ2n) is 7.11. The molecule has 23 heavy (non-hydrogen) atoms. The van der Waals surface area contributed by atoms with Gasteiger partial charge < -0.3 is 10.2 Å². The third-order valence-electron chi connectivity index (χ3n) is 5.36. The Bertz CT molecular complexity index is 492. The fourth-order valence-corrected chi connectivity index (χ4v) is 3.85. The lowest BCUT2D eigenvalue weighted by Crippen LogP contribution is -2.35. The quantitative estimate of drug-likeness (QED) is 0.891. The average Bonchev–Trinajstić information content (AvgIpc) is 2.62. The van der Waals surface area contributed by atoms with Crippen molar-refractivity contribution in [1.82, 2.24) is 15.0 Å². The van der Waals surface area contributed by atoms with Crippen LogP contribution >= 0.6 is 0 Å². The number of nitrogens with one attached hydrogen (secondary N) is 1. The number of anilines is 2. The Morgan fingerprint density at radius 2 is 1.57 bits per heavy atom. The molecule has 2 aliphatic rings. The molecule has 2 aliphatic carbocycles. The van der Waals surface area contributed by atoms with E-state index in [1.807, 2.05) is 0 Å². The molecule has 2 fully saturated rings. The van der Waals surface area contributed by atoms with E-state index in [1.165, 1.54) is 64.2 Å². The summed E-state index contributed by atoms with van der Waals surface area (Å²) in [7, 11) is 2.15. The SMILES string of the molecule is CCc1nc(NC2CCCCC2)nc(N(C)C2CCCCC2)n1. The maximum Gasteiger partial charge on any atom is 0.230 e. The first-order valence-electron chi connectivity index (χ1n) is 9.50. The van der Waals surface area contributed by atoms with Gasteiger partial charge in [-0.3, -0.25) is 0 Å². The highest BCUT2D eigenvalue weighted by atomic mass is 15.3. The number of nitrogens with zero attached hydrogens (tertiary/aromatic N) is 4. The lowest BCUT2D eigenvalue weighted by Gasteiger charge is -2.31. The van der Waals surface area contributed by atoms with Gasteiger partial charge >= 0.3 is 0 Å². The minimum absolute atomic E-state index is 0.531. The van der Waals surface area contributed by atoms with Crippen molar-refractivity contribution in [1.29, 1.82) is 0 Å². The molecule has 5 heteroatoms. The Balaban J connectivity index is 1.74. The molecule has 1 aromatic heterocycles. The van der Waals surface area contributed by atoms with Gasteiger partial charge in [0.2, 0.25) is 11.9 Å². The van der Waals surface area contributed by atoms with Gasteiger partial charge in [-0.05, 0) is 25.7 Å². The lowest BCUT2D eigenvalue weighted by molar-refractivity contribution is 0.423. The average molecular weight is 317 g/mol. The maximum absolute atomic E-state index is 4.74. The van der Waals surface area contributed by atoms with Crippen molar-refractivity contribution in [3.8, 4) is 0 Å². The molecule has 128 valence electrons. The van der Waals surface area contributed by atoms with Crippen molar-refractivity contribution < 1.29 is 0 Å². The number of rotatable bonds is 5. The smallest absolute Gasteiger partial charge is 0.230 e. The molecule has 0 aliphatic heterocycles. The normalized spacial score (nSPS) is 20.4. The number of hydrogen-bond acceptors (Lipinski definition) is 5. The molecule has 0 saturated heterocycles. The van der Waals surface area contributed by atoms with E-state index >= 15 is 0 Å². The van der Waals surface area contributed by atoms with Crippen LogP contribution in [0.4, 0.5) is 11.9 Å². The Kier molecular flexibility index (Phi) is 5.68. The molecule has 0 bridgehead atoms. The van der Waals surface area contributed by atoms with Crippen molar-refractivity contribution in [3.05, 3.63) is 5.82 Å². The molecular formula is C18H31N5. The van der Waals surface area contributed by atoms with Crippen molar-refractivity contribution in [2.75, 3.05) is 17.3 Å². The Hall–Kier alpha value is -1.39. The summed E-state index contributed by atoms with van der Waals surface area (Å²) >= 11 is 0. The lowest BCUT2D eigenvalue weighted by atomic mass is 9.95. The summed E-state index contributed by atoms with van der Waals surface area (Å²) < 4.78 is 0. The van der Waals surface area contributed by atoms with Crippen molar-refractivity contribution in [2.24, 2.45) is 0 Å². The van der Waals surface area contributed by atoms with Crippen LogP contribution in [0.2, 0.25) is 0 Å². The summed E-state index contributed by atoms with van der Waals surface area (Å²) in [6, 6.07) is 1.11. The Labute approximate surface area is 140 Å². The van der Waals surface area contributed by atoms with Gasteiger partial charge in [0.25, 0.3) is 0 Å². The van der Waals surface area contributed by atoms with E-state index in [4.69, 9.17) is 4.98 Å². The van der Waals surface area contributed by atoms with Crippen LogP contribution in [0.15, 0.2) is 0 Å². The first-order valence-corrected chi connectivity index (χ1v) is 9.50. The zero-order valence-electron chi connectivity index (χ0n) is 14.7. The molecule has 0 aromatic carbocycles. The van der Waals surface area contributed by atoms with Gasteiger partial charge in [0, 0.05) is 25.6 Å². The van der Waals surface area contributed by atoms with Gasteiger partial charge in [0.15, 0.2) is 0 Å². The molecule has 3 rings (SSSR count). The predicted molar refractivity (Wildman–Crippen MR) is 95.0 cm³/mol. The number of aryl methyl sites for hydroxylation is 1. The van der Waals surface area contributed by atoms with Gasteiger partial charge in [-0.15, -0.1) is 0 Å². The summed E-state index contributed by atoms with van der Waals surface area (Å²) in [6.07, 6.45) is 13.9. The highest BCUT2D eigenvalue weighted by Crippen LogP contribution is 2.25. The summed E-state index contributed by atoms with van der Waals surface area (Å²) in [4.78, 5) is 16.3. The van der Waals surface area contributed by atoms with Crippen LogP contribution in [-0.4, -0.2) is 34.1 Å². The molecular weight excluding hydrogens is 286 g/mol. The fourth-order valence-electron chi connectivity index (χ4n) is 3.85. The standard InChI is InChI=1S/C18H31N5/c1-3-16-20-17(19-14-10-6-4-7-11-14)22-18(21-16)23(2)15-12-8-5-9-13-15/h14-15H,3-13H2,1-2H3,(H,19,20,21,22). The van der Waals surface area contributed by atoms with Crippen LogP contribution in [0, 0.1) is 0 Å². The van der Waals surface area contributed by atoms with Gasteiger partial charge in [0.1, 0.15) is 5.82 Å². The highest BCUT2D eigenvalue weighted by molar-refractivity contribution is 5.38. The Morgan fingerprint density at radius 3 is 2.22 bits per heavy atom. The number of aromatic nitrogens is 3. The topological polar surface area (TPSA) is 53.9 Å². The number of hydrogen-bond donors (Lipinski definition) is 1. The summed E-state index contributed by atoms with van der Waals surface area (Å²) in [5, 5.41) is 3.56. The van der Waals surface area contributed by atoms with Gasteiger partial charge in [0.05, 0.1) is 0 Å². The van der Waals surface area contributed by atoms with Crippen LogP contribution < -0.4 is 10.2 Å². The van der Waals surface area contributed by atoms with Crippen LogP contribution in [0.3, 0.4) is 0 Å². The fraction of sp³-hybridized carbons (Fsp3) is 0.833. The minimum atomic E-state index is 0.531. The second kappa shape index (κ2) is 7.93. The molecule has 1 heterocycles.